The van der Waals surface area contributed by atoms with Crippen molar-refractivity contribution in [2.45, 2.75) is 45.3 Å². The molecule has 28 heavy (non-hydrogen) atoms. The highest BCUT2D eigenvalue weighted by Crippen LogP contribution is 2.28. The maximum absolute atomic E-state index is 12.5. The second-order valence-corrected chi connectivity index (χ2v) is 7.75. The van der Waals surface area contributed by atoms with E-state index in [1.54, 1.807) is 0 Å². The Hall–Kier alpha value is -2.41. The predicted octanol–water partition coefficient (Wildman–Crippen LogP) is 2.63. The quantitative estimate of drug-likeness (QED) is 0.789. The standard InChI is InChI=1S/C21H28N4O3/c1-15(2)28-21-18-12-16(5-6-19(18)22-14-23-21)24-7-9-25(10-8-24)20(26)13-17-4-3-11-27-17/h5-6,12,14-15,17H,3-4,7-11,13H2,1-2H3. The summed E-state index contributed by atoms with van der Waals surface area (Å²) in [6.07, 6.45) is 4.30. The fraction of sp³-hybridized carbons (Fsp3) is 0.571. The van der Waals surface area contributed by atoms with E-state index in [2.05, 4.69) is 27.0 Å². The van der Waals surface area contributed by atoms with Crippen LogP contribution in [0.2, 0.25) is 0 Å². The normalized spacial score (nSPS) is 20.2. The van der Waals surface area contributed by atoms with E-state index in [1.165, 1.54) is 6.33 Å². The number of carbonyl (C=O) groups excluding carboxylic acids is 1. The summed E-state index contributed by atoms with van der Waals surface area (Å²) in [4.78, 5) is 25.4. The topological polar surface area (TPSA) is 67.8 Å². The number of piperazine rings is 1. The molecular formula is C21H28N4O3. The molecule has 7 heteroatoms. The molecule has 1 unspecified atom stereocenters. The highest BCUT2D eigenvalue weighted by molar-refractivity contribution is 5.86. The zero-order valence-electron chi connectivity index (χ0n) is 16.6. The Morgan fingerprint density at radius 2 is 2.07 bits per heavy atom. The Morgan fingerprint density at radius 1 is 1.25 bits per heavy atom. The van der Waals surface area contributed by atoms with Crippen LogP contribution in [0.15, 0.2) is 24.5 Å². The minimum atomic E-state index is 0.0557. The summed E-state index contributed by atoms with van der Waals surface area (Å²) in [7, 11) is 0. The van der Waals surface area contributed by atoms with E-state index in [-0.39, 0.29) is 18.1 Å². The van der Waals surface area contributed by atoms with Gasteiger partial charge in [-0.05, 0) is 44.9 Å². The molecular weight excluding hydrogens is 356 g/mol. The van der Waals surface area contributed by atoms with E-state index >= 15 is 0 Å². The van der Waals surface area contributed by atoms with Gasteiger partial charge in [-0.25, -0.2) is 9.97 Å². The summed E-state index contributed by atoms with van der Waals surface area (Å²) in [5.41, 5.74) is 1.99. The third-order valence-corrected chi connectivity index (χ3v) is 5.35. The average Bonchev–Trinajstić information content (AvgIpc) is 3.21. The number of ether oxygens (including phenoxy) is 2. The van der Waals surface area contributed by atoms with Gasteiger partial charge in [0.2, 0.25) is 11.8 Å². The van der Waals surface area contributed by atoms with E-state index in [9.17, 15) is 4.79 Å². The van der Waals surface area contributed by atoms with Crippen LogP contribution in [0.5, 0.6) is 5.88 Å². The first-order chi connectivity index (χ1) is 13.6. The first-order valence-corrected chi connectivity index (χ1v) is 10.2. The molecule has 2 aliphatic heterocycles. The smallest absolute Gasteiger partial charge is 0.225 e. The molecule has 2 aliphatic rings. The molecule has 2 aromatic rings. The summed E-state index contributed by atoms with van der Waals surface area (Å²) in [5, 5.41) is 0.922. The average molecular weight is 384 g/mol. The largest absolute Gasteiger partial charge is 0.474 e. The van der Waals surface area contributed by atoms with Gasteiger partial charge in [0.15, 0.2) is 0 Å². The number of carbonyl (C=O) groups is 1. The fourth-order valence-electron chi connectivity index (χ4n) is 3.88. The van der Waals surface area contributed by atoms with Gasteiger partial charge in [-0.15, -0.1) is 0 Å². The van der Waals surface area contributed by atoms with Crippen molar-refractivity contribution in [1.29, 1.82) is 0 Å². The molecule has 1 amide bonds. The van der Waals surface area contributed by atoms with Crippen LogP contribution in [0.25, 0.3) is 10.9 Å². The Kier molecular flexibility index (Phi) is 5.62. The minimum absolute atomic E-state index is 0.0557. The van der Waals surface area contributed by atoms with Crippen molar-refractivity contribution in [1.82, 2.24) is 14.9 Å². The van der Waals surface area contributed by atoms with Crippen LogP contribution in [0, 0.1) is 0 Å². The van der Waals surface area contributed by atoms with Crippen molar-refractivity contribution in [3.05, 3.63) is 24.5 Å². The van der Waals surface area contributed by atoms with Crippen LogP contribution in [-0.2, 0) is 9.53 Å². The number of hydrogen-bond donors (Lipinski definition) is 0. The van der Waals surface area contributed by atoms with Crippen LogP contribution in [0.3, 0.4) is 0 Å². The third kappa shape index (κ3) is 4.19. The monoisotopic (exact) mass is 384 g/mol. The number of hydrogen-bond acceptors (Lipinski definition) is 6. The Balaban J connectivity index is 1.42. The fourth-order valence-corrected chi connectivity index (χ4v) is 3.88. The molecule has 0 saturated carbocycles. The number of anilines is 1. The Bertz CT molecular complexity index is 828. The van der Waals surface area contributed by atoms with Crippen molar-refractivity contribution in [3.8, 4) is 5.88 Å². The number of amides is 1. The summed E-state index contributed by atoms with van der Waals surface area (Å²) < 4.78 is 11.4. The maximum atomic E-state index is 12.5. The second kappa shape index (κ2) is 8.31. The summed E-state index contributed by atoms with van der Waals surface area (Å²) in [6, 6.07) is 6.18. The van der Waals surface area contributed by atoms with Gasteiger partial charge in [0.05, 0.1) is 29.5 Å². The molecule has 2 saturated heterocycles. The highest BCUT2D eigenvalue weighted by atomic mass is 16.5. The zero-order valence-corrected chi connectivity index (χ0v) is 16.6. The first kappa shape index (κ1) is 18.9. The van der Waals surface area contributed by atoms with Crippen LogP contribution in [-0.4, -0.2) is 65.8 Å². The van der Waals surface area contributed by atoms with Crippen LogP contribution in [0.4, 0.5) is 5.69 Å². The van der Waals surface area contributed by atoms with Crippen molar-refractivity contribution < 1.29 is 14.3 Å². The molecule has 0 aliphatic carbocycles. The van der Waals surface area contributed by atoms with E-state index < -0.39 is 0 Å². The van der Waals surface area contributed by atoms with Gasteiger partial charge in [0.25, 0.3) is 0 Å². The Labute approximate surface area is 165 Å². The highest BCUT2D eigenvalue weighted by Gasteiger charge is 2.26. The predicted molar refractivity (Wildman–Crippen MR) is 108 cm³/mol. The molecule has 1 aromatic heterocycles. The zero-order chi connectivity index (χ0) is 19.5. The molecule has 0 bridgehead atoms. The summed E-state index contributed by atoms with van der Waals surface area (Å²) in [6.45, 7) is 7.89. The lowest BCUT2D eigenvalue weighted by Gasteiger charge is -2.36. The number of nitrogens with zero attached hydrogens (tertiary/aromatic N) is 4. The molecule has 2 fully saturated rings. The minimum Gasteiger partial charge on any atom is -0.474 e. The maximum Gasteiger partial charge on any atom is 0.225 e. The van der Waals surface area contributed by atoms with Crippen molar-refractivity contribution >= 4 is 22.5 Å². The number of aromatic nitrogens is 2. The number of benzene rings is 1. The lowest BCUT2D eigenvalue weighted by molar-refractivity contribution is -0.133. The first-order valence-electron chi connectivity index (χ1n) is 10.2. The van der Waals surface area contributed by atoms with Gasteiger partial charge in [-0.1, -0.05) is 0 Å². The van der Waals surface area contributed by atoms with Gasteiger partial charge in [0, 0.05) is 38.5 Å². The summed E-state index contributed by atoms with van der Waals surface area (Å²) >= 11 is 0. The molecule has 1 aromatic carbocycles. The van der Waals surface area contributed by atoms with Gasteiger partial charge < -0.3 is 19.3 Å². The molecule has 150 valence electrons. The molecule has 3 heterocycles. The third-order valence-electron chi connectivity index (χ3n) is 5.35. The van der Waals surface area contributed by atoms with E-state index in [4.69, 9.17) is 9.47 Å². The van der Waals surface area contributed by atoms with E-state index in [0.29, 0.717) is 12.3 Å². The van der Waals surface area contributed by atoms with E-state index in [0.717, 1.165) is 62.2 Å². The van der Waals surface area contributed by atoms with Gasteiger partial charge in [0.1, 0.15) is 6.33 Å². The molecule has 0 radical (unpaired) electrons. The van der Waals surface area contributed by atoms with Crippen molar-refractivity contribution in [2.75, 3.05) is 37.7 Å². The van der Waals surface area contributed by atoms with Crippen LogP contribution in [0.1, 0.15) is 33.1 Å². The second-order valence-electron chi connectivity index (χ2n) is 7.75. The van der Waals surface area contributed by atoms with Crippen molar-refractivity contribution in [3.63, 3.8) is 0 Å². The lowest BCUT2D eigenvalue weighted by Crippen LogP contribution is -2.49. The lowest BCUT2D eigenvalue weighted by atomic mass is 10.1. The van der Waals surface area contributed by atoms with E-state index in [1.807, 2.05) is 24.8 Å². The summed E-state index contributed by atoms with van der Waals surface area (Å²) in [5.74, 6) is 0.832. The van der Waals surface area contributed by atoms with Gasteiger partial charge in [-0.2, -0.15) is 0 Å². The van der Waals surface area contributed by atoms with Gasteiger partial charge >= 0.3 is 0 Å². The molecule has 0 N–H and O–H groups in total. The molecule has 7 nitrogen and oxygen atoms in total. The Morgan fingerprint density at radius 3 is 2.79 bits per heavy atom. The molecule has 1 atom stereocenters. The molecule has 4 rings (SSSR count). The molecule has 0 spiro atoms. The van der Waals surface area contributed by atoms with Crippen molar-refractivity contribution in [2.24, 2.45) is 0 Å². The van der Waals surface area contributed by atoms with Crippen LogP contribution >= 0.6 is 0 Å². The number of fused-ring (bicyclic) bond motifs is 1. The van der Waals surface area contributed by atoms with Crippen LogP contribution < -0.4 is 9.64 Å². The number of rotatable bonds is 5. The SMILES string of the molecule is CC(C)Oc1ncnc2ccc(N3CCN(C(=O)CC4CCCO4)CC3)cc12. The van der Waals surface area contributed by atoms with Gasteiger partial charge in [-0.3, -0.25) is 4.79 Å².